The number of anilines is 1. The van der Waals surface area contributed by atoms with Gasteiger partial charge in [-0.3, -0.25) is 9.59 Å². The van der Waals surface area contributed by atoms with Gasteiger partial charge in [-0.1, -0.05) is 46.4 Å². The molecular weight excluding hydrogens is 490 g/mol. The van der Waals surface area contributed by atoms with Crippen LogP contribution in [0.15, 0.2) is 47.1 Å². The minimum Gasteiger partial charge on any atom is -0.341 e. The number of amides is 2. The zero-order valence-electron chi connectivity index (χ0n) is 17.5. The zero-order chi connectivity index (χ0) is 22.2. The first kappa shape index (κ1) is 21.3. The van der Waals surface area contributed by atoms with Crippen molar-refractivity contribution in [3.63, 3.8) is 0 Å². The number of nitrogens with zero attached hydrogens (tertiary/aromatic N) is 2. The molecule has 2 aromatic carbocycles. The van der Waals surface area contributed by atoms with Crippen LogP contribution in [0.3, 0.4) is 0 Å². The summed E-state index contributed by atoms with van der Waals surface area (Å²) < 4.78 is 2.95. The summed E-state index contributed by atoms with van der Waals surface area (Å²) in [6, 6.07) is 11.4. The van der Waals surface area contributed by atoms with E-state index in [1.165, 1.54) is 12.8 Å². The van der Waals surface area contributed by atoms with Crippen LogP contribution in [0.5, 0.6) is 0 Å². The van der Waals surface area contributed by atoms with Crippen LogP contribution < -0.4 is 5.32 Å². The Balaban J connectivity index is 1.53. The van der Waals surface area contributed by atoms with Crippen LogP contribution in [0.2, 0.25) is 5.02 Å². The highest BCUT2D eigenvalue weighted by Gasteiger charge is 2.25. The van der Waals surface area contributed by atoms with Gasteiger partial charge in [0.1, 0.15) is 6.54 Å². The lowest BCUT2D eigenvalue weighted by atomic mass is 10.0. The summed E-state index contributed by atoms with van der Waals surface area (Å²) in [6.45, 7) is 1.96. The number of fused-ring (bicyclic) bond motifs is 2. The molecule has 1 N–H and O–H groups in total. The maximum Gasteiger partial charge on any atom is 0.256 e. The number of benzene rings is 2. The fourth-order valence-electron chi connectivity index (χ4n) is 4.57. The standard InChI is InChI=1S/C25H23BrClN3O2/c26-17-5-8-23-20(12-17)16(11-21-19-7-6-18(27)13-22(19)28-25(21)32)14-30(23)15-24(31)29-9-3-1-2-4-10-29/h5-8,11-14H,1-4,9-10,15H2,(H,28,32)/b21-11+. The fourth-order valence-corrected chi connectivity index (χ4v) is 5.11. The molecule has 0 spiro atoms. The molecule has 1 fully saturated rings. The Hall–Kier alpha value is -2.57. The summed E-state index contributed by atoms with van der Waals surface area (Å²) in [5.74, 6) is -0.0108. The average molecular weight is 513 g/mol. The number of nitrogens with one attached hydrogen (secondary N) is 1. The molecule has 3 aromatic rings. The van der Waals surface area contributed by atoms with Crippen molar-refractivity contribution in [2.45, 2.75) is 32.2 Å². The van der Waals surface area contributed by atoms with Gasteiger partial charge in [-0.25, -0.2) is 0 Å². The maximum atomic E-state index is 13.0. The van der Waals surface area contributed by atoms with Crippen LogP contribution in [0.25, 0.3) is 22.6 Å². The number of rotatable bonds is 3. The van der Waals surface area contributed by atoms with Crippen LogP contribution in [0, 0.1) is 0 Å². The van der Waals surface area contributed by atoms with Gasteiger partial charge in [-0.15, -0.1) is 0 Å². The molecule has 0 unspecified atom stereocenters. The monoisotopic (exact) mass is 511 g/mol. The molecule has 7 heteroatoms. The first-order valence-corrected chi connectivity index (χ1v) is 12.1. The van der Waals surface area contributed by atoms with Gasteiger partial charge >= 0.3 is 0 Å². The number of carbonyl (C=O) groups is 2. The predicted molar refractivity (Wildman–Crippen MR) is 133 cm³/mol. The minimum absolute atomic E-state index is 0.143. The van der Waals surface area contributed by atoms with Gasteiger partial charge in [0.2, 0.25) is 5.91 Å². The Morgan fingerprint density at radius 3 is 2.66 bits per heavy atom. The van der Waals surface area contributed by atoms with E-state index in [-0.39, 0.29) is 11.8 Å². The summed E-state index contributed by atoms with van der Waals surface area (Å²) in [4.78, 5) is 27.7. The second-order valence-electron chi connectivity index (χ2n) is 8.37. The summed E-state index contributed by atoms with van der Waals surface area (Å²) in [5.41, 5.74) is 4.01. The quantitative estimate of drug-likeness (QED) is 0.441. The first-order valence-electron chi connectivity index (χ1n) is 10.9. The Labute approximate surface area is 200 Å². The largest absolute Gasteiger partial charge is 0.341 e. The Morgan fingerprint density at radius 2 is 1.88 bits per heavy atom. The van der Waals surface area contributed by atoms with E-state index in [1.54, 1.807) is 12.1 Å². The van der Waals surface area contributed by atoms with Gasteiger partial charge in [-0.2, -0.15) is 0 Å². The normalized spacial score (nSPS) is 17.5. The second-order valence-corrected chi connectivity index (χ2v) is 9.72. The Morgan fingerprint density at radius 1 is 1.09 bits per heavy atom. The van der Waals surface area contributed by atoms with Crippen molar-refractivity contribution < 1.29 is 9.59 Å². The van der Waals surface area contributed by atoms with Crippen molar-refractivity contribution in [3.05, 3.63) is 63.2 Å². The van der Waals surface area contributed by atoms with E-state index in [2.05, 4.69) is 21.2 Å². The van der Waals surface area contributed by atoms with Gasteiger partial charge in [-0.05, 0) is 49.2 Å². The molecule has 0 saturated carbocycles. The molecule has 0 aliphatic carbocycles. The van der Waals surface area contributed by atoms with Gasteiger partial charge in [0.25, 0.3) is 5.91 Å². The summed E-state index contributed by atoms with van der Waals surface area (Å²) >= 11 is 9.64. The Kier molecular flexibility index (Phi) is 5.82. The molecular formula is C25H23BrClN3O2. The van der Waals surface area contributed by atoms with Crippen molar-refractivity contribution in [1.29, 1.82) is 0 Å². The molecule has 1 saturated heterocycles. The highest BCUT2D eigenvalue weighted by molar-refractivity contribution is 9.10. The fraction of sp³-hybridized carbons (Fsp3) is 0.280. The number of halogens is 2. The van der Waals surface area contributed by atoms with E-state index < -0.39 is 0 Å². The van der Waals surface area contributed by atoms with Gasteiger partial charge in [0, 0.05) is 56.4 Å². The lowest BCUT2D eigenvalue weighted by molar-refractivity contribution is -0.131. The highest BCUT2D eigenvalue weighted by Crippen LogP contribution is 2.36. The van der Waals surface area contributed by atoms with E-state index in [4.69, 9.17) is 11.6 Å². The number of hydrogen-bond donors (Lipinski definition) is 1. The van der Waals surface area contributed by atoms with Crippen molar-refractivity contribution in [2.24, 2.45) is 0 Å². The molecule has 2 aliphatic rings. The third-order valence-corrected chi connectivity index (χ3v) is 6.93. The minimum atomic E-state index is -0.154. The van der Waals surface area contributed by atoms with E-state index in [9.17, 15) is 9.59 Å². The Bertz CT molecular complexity index is 1260. The summed E-state index contributed by atoms with van der Waals surface area (Å²) in [6.07, 6.45) is 8.40. The molecule has 164 valence electrons. The smallest absolute Gasteiger partial charge is 0.256 e. The van der Waals surface area contributed by atoms with E-state index in [0.29, 0.717) is 17.1 Å². The van der Waals surface area contributed by atoms with Crippen LogP contribution in [-0.4, -0.2) is 34.4 Å². The first-order chi connectivity index (χ1) is 15.5. The van der Waals surface area contributed by atoms with Crippen molar-refractivity contribution in [1.82, 2.24) is 9.47 Å². The van der Waals surface area contributed by atoms with Crippen molar-refractivity contribution in [2.75, 3.05) is 18.4 Å². The molecule has 0 radical (unpaired) electrons. The summed E-state index contributed by atoms with van der Waals surface area (Å²) in [5, 5.41) is 4.46. The predicted octanol–water partition coefficient (Wildman–Crippen LogP) is 5.95. The van der Waals surface area contributed by atoms with E-state index >= 15 is 0 Å². The zero-order valence-corrected chi connectivity index (χ0v) is 19.9. The third-order valence-electron chi connectivity index (χ3n) is 6.20. The van der Waals surface area contributed by atoms with Crippen LogP contribution in [0.1, 0.15) is 36.8 Å². The second kappa shape index (κ2) is 8.75. The van der Waals surface area contributed by atoms with Gasteiger partial charge < -0.3 is 14.8 Å². The SMILES string of the molecule is O=C1Nc2cc(Cl)ccc2/C1=C\c1cn(CC(=O)N2CCCCCC2)c2ccc(Br)cc12. The van der Waals surface area contributed by atoms with Crippen LogP contribution >= 0.6 is 27.5 Å². The van der Waals surface area contributed by atoms with Crippen molar-refractivity contribution in [3.8, 4) is 0 Å². The molecule has 5 rings (SSSR count). The van der Waals surface area contributed by atoms with Crippen LogP contribution in [0.4, 0.5) is 5.69 Å². The molecule has 0 atom stereocenters. The molecule has 0 bridgehead atoms. The molecule has 2 aliphatic heterocycles. The number of likely N-dealkylation sites (tertiary alicyclic amines) is 1. The van der Waals surface area contributed by atoms with Crippen molar-refractivity contribution >= 4 is 67.6 Å². The topological polar surface area (TPSA) is 54.3 Å². The van der Waals surface area contributed by atoms with Gasteiger partial charge in [0.05, 0.1) is 5.69 Å². The number of hydrogen-bond acceptors (Lipinski definition) is 2. The maximum absolute atomic E-state index is 13.0. The highest BCUT2D eigenvalue weighted by atomic mass is 79.9. The number of carbonyl (C=O) groups excluding carboxylic acids is 2. The molecule has 2 amide bonds. The van der Waals surface area contributed by atoms with Gasteiger partial charge in [0.15, 0.2) is 0 Å². The third kappa shape index (κ3) is 4.09. The van der Waals surface area contributed by atoms with E-state index in [0.717, 1.165) is 58.1 Å². The van der Waals surface area contributed by atoms with E-state index in [1.807, 2.05) is 46.0 Å². The van der Waals surface area contributed by atoms with Crippen LogP contribution in [-0.2, 0) is 16.1 Å². The summed E-state index contributed by atoms with van der Waals surface area (Å²) in [7, 11) is 0. The molecule has 5 nitrogen and oxygen atoms in total. The average Bonchev–Trinajstić information content (AvgIpc) is 3.09. The molecule has 3 heterocycles. The lowest BCUT2D eigenvalue weighted by Gasteiger charge is -2.20. The number of aromatic nitrogens is 1. The molecule has 1 aromatic heterocycles. The lowest BCUT2D eigenvalue weighted by Crippen LogP contribution is -2.34. The molecule has 32 heavy (non-hydrogen) atoms.